The first-order valence-electron chi connectivity index (χ1n) is 10.7. The van der Waals surface area contributed by atoms with Gasteiger partial charge in [0.15, 0.2) is 5.84 Å². The molecule has 5 rings (SSSR count). The third-order valence-corrected chi connectivity index (χ3v) is 7.51. The summed E-state index contributed by atoms with van der Waals surface area (Å²) in [6.07, 6.45) is -1.15. The molecule has 2 unspecified atom stereocenters. The first kappa shape index (κ1) is 23.7. The summed E-state index contributed by atoms with van der Waals surface area (Å²) >= 11 is 14.1. The van der Waals surface area contributed by atoms with Crippen LogP contribution in [-0.4, -0.2) is 27.8 Å². The molecule has 0 amide bonds. The fourth-order valence-electron chi connectivity index (χ4n) is 3.89. The van der Waals surface area contributed by atoms with E-state index >= 15 is 0 Å². The van der Waals surface area contributed by atoms with E-state index in [1.807, 2.05) is 0 Å². The Labute approximate surface area is 208 Å². The maximum Gasteiger partial charge on any atom is 0.416 e. The molecule has 2 aliphatic heterocycles. The summed E-state index contributed by atoms with van der Waals surface area (Å²) in [5.41, 5.74) is 7.61. The Kier molecular flexibility index (Phi) is 6.16. The normalized spacial score (nSPS) is 24.3. The third-order valence-electron chi connectivity index (χ3n) is 5.75. The monoisotopic (exact) mass is 525 g/mol. The van der Waals surface area contributed by atoms with Gasteiger partial charge in [-0.05, 0) is 60.7 Å². The second-order valence-corrected chi connectivity index (χ2v) is 10.5. The van der Waals surface area contributed by atoms with E-state index in [1.165, 1.54) is 23.9 Å². The van der Waals surface area contributed by atoms with Gasteiger partial charge in [0.05, 0.1) is 5.56 Å². The molecule has 178 valence electrons. The molecule has 2 aromatic rings. The molecule has 5 nitrogen and oxygen atoms in total. The second kappa shape index (κ2) is 8.86. The maximum absolute atomic E-state index is 12.9. The average molecular weight is 526 g/mol. The van der Waals surface area contributed by atoms with E-state index < -0.39 is 17.5 Å². The Balaban J connectivity index is 1.44. The first-order chi connectivity index (χ1) is 16.1. The van der Waals surface area contributed by atoms with Crippen LogP contribution < -0.4 is 11.1 Å². The summed E-state index contributed by atoms with van der Waals surface area (Å²) in [4.78, 5) is 14.2. The van der Waals surface area contributed by atoms with Crippen molar-refractivity contribution in [3.63, 3.8) is 0 Å². The number of thioether (sulfide) groups is 1. The smallest absolute Gasteiger partial charge is 0.339 e. The minimum absolute atomic E-state index is 0.242. The van der Waals surface area contributed by atoms with Crippen LogP contribution in [0.4, 0.5) is 18.9 Å². The van der Waals surface area contributed by atoms with Gasteiger partial charge in [-0.15, -0.1) is 0 Å². The molecule has 3 aliphatic rings. The van der Waals surface area contributed by atoms with Gasteiger partial charge >= 0.3 is 6.18 Å². The lowest BCUT2D eigenvalue weighted by Gasteiger charge is -2.27. The zero-order valence-electron chi connectivity index (χ0n) is 17.7. The van der Waals surface area contributed by atoms with Crippen LogP contribution in [0.1, 0.15) is 30.4 Å². The maximum atomic E-state index is 12.9. The van der Waals surface area contributed by atoms with Crippen LogP contribution in [0, 0.1) is 5.92 Å². The lowest BCUT2D eigenvalue weighted by atomic mass is 10.1. The summed E-state index contributed by atoms with van der Waals surface area (Å²) in [5.74, 6) is -0.283. The Morgan fingerprint density at radius 3 is 2.35 bits per heavy atom. The number of alkyl halides is 3. The highest BCUT2D eigenvalue weighted by Gasteiger charge is 2.41. The van der Waals surface area contributed by atoms with E-state index in [-0.39, 0.29) is 5.37 Å². The minimum atomic E-state index is -4.41. The van der Waals surface area contributed by atoms with E-state index in [9.17, 15) is 13.2 Å². The van der Waals surface area contributed by atoms with Crippen molar-refractivity contribution in [3.05, 3.63) is 63.6 Å². The number of amidine groups is 1. The van der Waals surface area contributed by atoms with Crippen LogP contribution >= 0.6 is 35.0 Å². The summed E-state index contributed by atoms with van der Waals surface area (Å²) in [6.45, 7) is 0. The molecule has 3 N–H and O–H groups in total. The molecule has 0 radical (unpaired) electrons. The van der Waals surface area contributed by atoms with Crippen molar-refractivity contribution in [2.24, 2.45) is 26.6 Å². The van der Waals surface area contributed by atoms with Gasteiger partial charge in [0.2, 0.25) is 5.79 Å². The molecular formula is C23H20Cl2F3N5S. The van der Waals surface area contributed by atoms with E-state index in [4.69, 9.17) is 38.9 Å². The zero-order chi connectivity index (χ0) is 24.1. The summed E-state index contributed by atoms with van der Waals surface area (Å²) in [7, 11) is 0. The first-order valence-corrected chi connectivity index (χ1v) is 12.3. The van der Waals surface area contributed by atoms with Gasteiger partial charge in [-0.25, -0.2) is 9.98 Å². The SMILES string of the molecule is NC1(CC2CC2)N=C(Nc2ccc(C(F)(F)F)cc2)C2=NC(Cc3c(Cl)cccc3Cl)SC2=N1. The Morgan fingerprint density at radius 1 is 1.06 bits per heavy atom. The van der Waals surface area contributed by atoms with E-state index in [1.54, 1.807) is 18.2 Å². The predicted octanol–water partition coefficient (Wildman–Crippen LogP) is 6.40. The van der Waals surface area contributed by atoms with Gasteiger partial charge < -0.3 is 5.32 Å². The Hall–Kier alpha value is -2.07. The number of rotatable bonds is 5. The number of hydrogen-bond donors (Lipinski definition) is 2. The van der Waals surface area contributed by atoms with E-state index in [0.717, 1.165) is 30.5 Å². The number of halogens is 5. The lowest BCUT2D eigenvalue weighted by Crippen LogP contribution is -2.45. The molecule has 34 heavy (non-hydrogen) atoms. The highest BCUT2D eigenvalue weighted by atomic mass is 35.5. The van der Waals surface area contributed by atoms with Gasteiger partial charge in [-0.1, -0.05) is 41.0 Å². The molecule has 11 heteroatoms. The fourth-order valence-corrected chi connectivity index (χ4v) is 5.58. The second-order valence-electron chi connectivity index (χ2n) is 8.56. The van der Waals surface area contributed by atoms with E-state index in [0.29, 0.717) is 51.1 Å². The number of fused-ring (bicyclic) bond motifs is 1. The lowest BCUT2D eigenvalue weighted by molar-refractivity contribution is -0.137. The molecule has 2 heterocycles. The Bertz CT molecular complexity index is 1190. The highest BCUT2D eigenvalue weighted by molar-refractivity contribution is 8.17. The molecule has 0 bridgehead atoms. The summed E-state index contributed by atoms with van der Waals surface area (Å²) in [5, 5.41) is 4.64. The quantitative estimate of drug-likeness (QED) is 0.473. The van der Waals surface area contributed by atoms with Gasteiger partial charge in [0.25, 0.3) is 0 Å². The van der Waals surface area contributed by atoms with Crippen LogP contribution in [0.2, 0.25) is 10.0 Å². The zero-order valence-corrected chi connectivity index (χ0v) is 20.1. The van der Waals surface area contributed by atoms with Crippen molar-refractivity contribution in [3.8, 4) is 0 Å². The van der Waals surface area contributed by atoms with E-state index in [2.05, 4.69) is 10.3 Å². The average Bonchev–Trinajstić information content (AvgIpc) is 3.46. The predicted molar refractivity (Wildman–Crippen MR) is 133 cm³/mol. The fraction of sp³-hybridized carbons (Fsp3) is 0.348. The number of aliphatic imine (C=N–C) groups is 3. The molecule has 2 aromatic carbocycles. The van der Waals surface area contributed by atoms with Crippen molar-refractivity contribution in [1.29, 1.82) is 0 Å². The topological polar surface area (TPSA) is 75.1 Å². The van der Waals surface area contributed by atoms with Gasteiger partial charge in [0, 0.05) is 28.6 Å². The van der Waals surface area contributed by atoms with Gasteiger partial charge in [-0.2, -0.15) is 13.2 Å². The standard InChI is InChI=1S/C23H20Cl2F3N5S/c24-16-2-1-3-17(25)15(16)10-18-31-19-20(30-14-8-6-13(7-9-14)23(26,27)28)32-22(29,11-12-4-5-12)33-21(19)34-18/h1-3,6-9,12,18H,4-5,10-11,29H2,(H,30,32). The van der Waals surface area contributed by atoms with Crippen molar-refractivity contribution in [2.45, 2.75) is 43.0 Å². The van der Waals surface area contributed by atoms with Crippen molar-refractivity contribution < 1.29 is 13.2 Å². The molecule has 0 spiro atoms. The molecule has 2 atom stereocenters. The van der Waals surface area contributed by atoms with Crippen molar-refractivity contribution in [2.75, 3.05) is 5.32 Å². The number of anilines is 1. The van der Waals surface area contributed by atoms with Crippen LogP contribution in [0.5, 0.6) is 0 Å². The number of hydrogen-bond acceptors (Lipinski definition) is 6. The summed E-state index contributed by atoms with van der Waals surface area (Å²) < 4.78 is 38.8. The molecular weight excluding hydrogens is 506 g/mol. The Morgan fingerprint density at radius 2 is 1.74 bits per heavy atom. The largest absolute Gasteiger partial charge is 0.416 e. The van der Waals surface area contributed by atoms with Crippen LogP contribution in [0.25, 0.3) is 0 Å². The van der Waals surface area contributed by atoms with Gasteiger partial charge in [-0.3, -0.25) is 10.7 Å². The highest BCUT2D eigenvalue weighted by Crippen LogP contribution is 2.40. The van der Waals surface area contributed by atoms with Crippen LogP contribution in [0.15, 0.2) is 57.4 Å². The molecule has 1 aliphatic carbocycles. The van der Waals surface area contributed by atoms with Gasteiger partial charge in [0.1, 0.15) is 16.1 Å². The minimum Gasteiger partial charge on any atom is -0.339 e. The molecule has 1 saturated carbocycles. The number of nitrogens with zero attached hydrogens (tertiary/aromatic N) is 3. The third kappa shape index (κ3) is 5.12. The molecule has 1 fully saturated rings. The number of nitrogens with one attached hydrogen (secondary N) is 1. The molecule has 0 aromatic heterocycles. The van der Waals surface area contributed by atoms with Crippen molar-refractivity contribution >= 4 is 57.2 Å². The number of nitrogens with two attached hydrogens (primary N) is 1. The number of benzene rings is 2. The van der Waals surface area contributed by atoms with Crippen LogP contribution in [-0.2, 0) is 12.6 Å². The van der Waals surface area contributed by atoms with Crippen LogP contribution in [0.3, 0.4) is 0 Å². The van der Waals surface area contributed by atoms with Crippen molar-refractivity contribution in [1.82, 2.24) is 0 Å². The summed E-state index contributed by atoms with van der Waals surface area (Å²) in [6, 6.07) is 10.1. The molecule has 0 saturated heterocycles.